The minimum Gasteiger partial charge on any atom is -0.307 e. The van der Waals surface area contributed by atoms with E-state index in [4.69, 9.17) is 0 Å². The van der Waals surface area contributed by atoms with Gasteiger partial charge in [0, 0.05) is 6.54 Å². The molecule has 0 atom stereocenters. The fourth-order valence-corrected chi connectivity index (χ4v) is 1.91. The minimum absolute atomic E-state index is 0.214. The zero-order chi connectivity index (χ0) is 12.6. The summed E-state index contributed by atoms with van der Waals surface area (Å²) in [6, 6.07) is 5.61. The van der Waals surface area contributed by atoms with Crippen molar-refractivity contribution in [2.24, 2.45) is 0 Å². The maximum Gasteiger partial charge on any atom is 0.328 e. The Morgan fingerprint density at radius 2 is 2.00 bits per heavy atom. The molecule has 1 aromatic carbocycles. The molecule has 0 aliphatic heterocycles. The van der Waals surface area contributed by atoms with Crippen molar-refractivity contribution < 1.29 is 0 Å². The lowest BCUT2D eigenvalue weighted by molar-refractivity contribution is 0.684. The molecule has 0 saturated heterocycles. The van der Waals surface area contributed by atoms with E-state index in [2.05, 4.69) is 18.8 Å². The van der Waals surface area contributed by atoms with Crippen molar-refractivity contribution in [3.05, 3.63) is 44.6 Å². The molecule has 4 heteroatoms. The van der Waals surface area contributed by atoms with Crippen LogP contribution in [0.2, 0.25) is 0 Å². The van der Waals surface area contributed by atoms with Gasteiger partial charge in [-0.25, -0.2) is 4.79 Å². The number of hydrogen-bond donors (Lipinski definition) is 1. The van der Waals surface area contributed by atoms with Gasteiger partial charge in [0.05, 0.1) is 10.9 Å². The first-order valence-corrected chi connectivity index (χ1v) is 5.81. The van der Waals surface area contributed by atoms with Crippen LogP contribution in [-0.2, 0) is 6.54 Å². The molecular formula is C13H16N2O2. The number of benzene rings is 1. The van der Waals surface area contributed by atoms with Crippen LogP contribution in [0, 0.1) is 0 Å². The molecule has 1 N–H and O–H groups in total. The summed E-state index contributed by atoms with van der Waals surface area (Å²) in [5.41, 5.74) is 1.15. The van der Waals surface area contributed by atoms with E-state index in [1.165, 1.54) is 4.57 Å². The van der Waals surface area contributed by atoms with Crippen molar-refractivity contribution in [1.82, 2.24) is 9.55 Å². The minimum atomic E-state index is -0.345. The molecular weight excluding hydrogens is 216 g/mol. The second kappa shape index (κ2) is 4.20. The van der Waals surface area contributed by atoms with E-state index in [1.807, 2.05) is 12.1 Å². The van der Waals surface area contributed by atoms with Crippen LogP contribution in [0.5, 0.6) is 0 Å². The van der Waals surface area contributed by atoms with Crippen molar-refractivity contribution in [2.75, 3.05) is 0 Å². The maximum absolute atomic E-state index is 12.1. The summed E-state index contributed by atoms with van der Waals surface area (Å²) in [4.78, 5) is 26.4. The normalized spacial score (nSPS) is 11.3. The molecule has 0 bridgehead atoms. The number of H-pyrrole nitrogens is 1. The number of hydrogen-bond acceptors (Lipinski definition) is 2. The van der Waals surface area contributed by atoms with Gasteiger partial charge in [0.1, 0.15) is 0 Å². The summed E-state index contributed by atoms with van der Waals surface area (Å²) in [6.07, 6.45) is 0. The molecule has 0 radical (unpaired) electrons. The van der Waals surface area contributed by atoms with Crippen LogP contribution in [0.25, 0.3) is 10.9 Å². The molecule has 4 nitrogen and oxygen atoms in total. The van der Waals surface area contributed by atoms with Crippen LogP contribution >= 0.6 is 0 Å². The number of aromatic amines is 1. The van der Waals surface area contributed by atoms with Crippen LogP contribution < -0.4 is 11.2 Å². The Balaban J connectivity index is 2.85. The standard InChI is InChI=1S/C13H16N2O2/c1-4-15-12(16)10-7-9(8(2)3)5-6-11(10)14-13(15)17/h5-8H,4H2,1-3H3,(H,14,17). The van der Waals surface area contributed by atoms with Crippen molar-refractivity contribution in [3.8, 4) is 0 Å². The monoisotopic (exact) mass is 232 g/mol. The molecule has 0 saturated carbocycles. The van der Waals surface area contributed by atoms with Gasteiger partial charge in [-0.15, -0.1) is 0 Å². The third-order valence-electron chi connectivity index (χ3n) is 2.99. The van der Waals surface area contributed by atoms with Gasteiger partial charge in [-0.2, -0.15) is 0 Å². The summed E-state index contributed by atoms with van der Waals surface area (Å²) in [7, 11) is 0. The smallest absolute Gasteiger partial charge is 0.307 e. The van der Waals surface area contributed by atoms with E-state index in [-0.39, 0.29) is 11.2 Å². The summed E-state index contributed by atoms with van der Waals surface area (Å²) in [5, 5.41) is 0.581. The summed E-state index contributed by atoms with van der Waals surface area (Å²) in [6.45, 7) is 6.32. The van der Waals surface area contributed by atoms with Crippen LogP contribution in [0.3, 0.4) is 0 Å². The number of nitrogens with one attached hydrogen (secondary N) is 1. The van der Waals surface area contributed by atoms with Crippen LogP contribution in [-0.4, -0.2) is 9.55 Å². The Hall–Kier alpha value is -1.84. The molecule has 2 aromatic rings. The van der Waals surface area contributed by atoms with Crippen molar-refractivity contribution in [3.63, 3.8) is 0 Å². The number of aromatic nitrogens is 2. The van der Waals surface area contributed by atoms with E-state index in [1.54, 1.807) is 13.0 Å². The van der Waals surface area contributed by atoms with E-state index in [0.29, 0.717) is 23.4 Å². The molecule has 0 amide bonds. The number of nitrogens with zero attached hydrogens (tertiary/aromatic N) is 1. The van der Waals surface area contributed by atoms with Gasteiger partial charge >= 0.3 is 5.69 Å². The first-order valence-electron chi connectivity index (χ1n) is 5.81. The first kappa shape index (κ1) is 11.6. The summed E-state index contributed by atoms with van der Waals surface area (Å²) < 4.78 is 1.21. The highest BCUT2D eigenvalue weighted by atomic mass is 16.2. The van der Waals surface area contributed by atoms with Gasteiger partial charge in [-0.1, -0.05) is 19.9 Å². The molecule has 1 heterocycles. The van der Waals surface area contributed by atoms with Gasteiger partial charge in [0.25, 0.3) is 5.56 Å². The Kier molecular flexibility index (Phi) is 2.88. The molecule has 0 fully saturated rings. The quantitative estimate of drug-likeness (QED) is 0.858. The Labute approximate surface area is 98.9 Å². The van der Waals surface area contributed by atoms with Gasteiger partial charge in [0.2, 0.25) is 0 Å². The van der Waals surface area contributed by atoms with Gasteiger partial charge in [-0.05, 0) is 30.5 Å². The molecule has 0 aliphatic rings. The highest BCUT2D eigenvalue weighted by Gasteiger charge is 2.08. The lowest BCUT2D eigenvalue weighted by atomic mass is 10.0. The predicted octanol–water partition coefficient (Wildman–Crippen LogP) is 1.83. The van der Waals surface area contributed by atoms with Crippen LogP contribution in [0.1, 0.15) is 32.3 Å². The van der Waals surface area contributed by atoms with E-state index < -0.39 is 0 Å². The zero-order valence-corrected chi connectivity index (χ0v) is 10.3. The fraction of sp³-hybridized carbons (Fsp3) is 0.385. The second-order valence-corrected chi connectivity index (χ2v) is 4.44. The van der Waals surface area contributed by atoms with Gasteiger partial charge in [0.15, 0.2) is 0 Å². The van der Waals surface area contributed by atoms with E-state index >= 15 is 0 Å². The Morgan fingerprint density at radius 3 is 2.59 bits per heavy atom. The van der Waals surface area contributed by atoms with Crippen molar-refractivity contribution in [2.45, 2.75) is 33.2 Å². The third-order valence-corrected chi connectivity index (χ3v) is 2.99. The van der Waals surface area contributed by atoms with Crippen LogP contribution in [0.4, 0.5) is 0 Å². The van der Waals surface area contributed by atoms with Gasteiger partial charge < -0.3 is 4.98 Å². The molecule has 90 valence electrons. The van der Waals surface area contributed by atoms with Crippen molar-refractivity contribution >= 4 is 10.9 Å². The summed E-state index contributed by atoms with van der Waals surface area (Å²) >= 11 is 0. The number of rotatable bonds is 2. The third kappa shape index (κ3) is 1.90. The summed E-state index contributed by atoms with van der Waals surface area (Å²) in [5.74, 6) is 0.362. The highest BCUT2D eigenvalue weighted by Crippen LogP contribution is 2.17. The first-order chi connectivity index (χ1) is 8.04. The van der Waals surface area contributed by atoms with Gasteiger partial charge in [-0.3, -0.25) is 9.36 Å². The molecule has 1 aromatic heterocycles. The average Bonchev–Trinajstić information content (AvgIpc) is 2.29. The lowest BCUT2D eigenvalue weighted by Gasteiger charge is -2.08. The Bertz CT molecular complexity index is 665. The maximum atomic E-state index is 12.1. The zero-order valence-electron chi connectivity index (χ0n) is 10.3. The molecule has 0 aliphatic carbocycles. The fourth-order valence-electron chi connectivity index (χ4n) is 1.91. The lowest BCUT2D eigenvalue weighted by Crippen LogP contribution is -2.34. The molecule has 2 rings (SSSR count). The average molecular weight is 232 g/mol. The highest BCUT2D eigenvalue weighted by molar-refractivity contribution is 5.78. The molecule has 17 heavy (non-hydrogen) atoms. The van der Waals surface area contributed by atoms with E-state index in [0.717, 1.165) is 5.56 Å². The topological polar surface area (TPSA) is 54.9 Å². The largest absolute Gasteiger partial charge is 0.328 e. The Morgan fingerprint density at radius 1 is 1.29 bits per heavy atom. The SMILES string of the molecule is CCn1c(=O)[nH]c2ccc(C(C)C)cc2c1=O. The number of fused-ring (bicyclic) bond motifs is 1. The molecule has 0 spiro atoms. The molecule has 0 unspecified atom stereocenters. The van der Waals surface area contributed by atoms with Crippen LogP contribution in [0.15, 0.2) is 27.8 Å². The predicted molar refractivity (Wildman–Crippen MR) is 68.6 cm³/mol. The second-order valence-electron chi connectivity index (χ2n) is 4.44. The van der Waals surface area contributed by atoms with Crippen molar-refractivity contribution in [1.29, 1.82) is 0 Å². The van der Waals surface area contributed by atoms with E-state index in [9.17, 15) is 9.59 Å².